The van der Waals surface area contributed by atoms with Crippen LogP contribution in [0.5, 0.6) is 0 Å². The highest BCUT2D eigenvalue weighted by Gasteiger charge is 2.34. The third-order valence-corrected chi connectivity index (χ3v) is 4.71. The molecule has 128 valence electrons. The molecule has 1 saturated carbocycles. The van der Waals surface area contributed by atoms with Crippen molar-refractivity contribution >= 4 is 5.91 Å². The maximum absolute atomic E-state index is 12.5. The van der Waals surface area contributed by atoms with Gasteiger partial charge in [0.25, 0.3) is 5.89 Å². The molecule has 1 amide bonds. The maximum atomic E-state index is 12.5. The van der Waals surface area contributed by atoms with Crippen molar-refractivity contribution in [1.29, 1.82) is 0 Å². The topological polar surface area (TPSA) is 77.7 Å². The molecule has 0 aromatic carbocycles. The molecular weight excluding hydrogens is 298 g/mol. The van der Waals surface area contributed by atoms with Gasteiger partial charge >= 0.3 is 0 Å². The van der Waals surface area contributed by atoms with Gasteiger partial charge < -0.3 is 18.9 Å². The fourth-order valence-electron chi connectivity index (χ4n) is 3.40. The fraction of sp³-hybridized carbons (Fsp3) is 0.812. The van der Waals surface area contributed by atoms with Crippen molar-refractivity contribution in [2.75, 3.05) is 33.4 Å². The Bertz CT molecular complexity index is 513. The van der Waals surface area contributed by atoms with E-state index < -0.39 is 0 Å². The van der Waals surface area contributed by atoms with Gasteiger partial charge in [0.2, 0.25) is 5.91 Å². The fourth-order valence-corrected chi connectivity index (χ4v) is 3.40. The molecule has 3 rings (SSSR count). The van der Waals surface area contributed by atoms with Crippen LogP contribution in [-0.4, -0.2) is 54.4 Å². The monoisotopic (exact) mass is 323 g/mol. The smallest absolute Gasteiger partial charge is 0.252 e. The average Bonchev–Trinajstić information content (AvgIpc) is 3.32. The van der Waals surface area contributed by atoms with Crippen LogP contribution in [0.15, 0.2) is 4.52 Å². The number of hydrogen-bond donors (Lipinski definition) is 0. The number of nitrogens with zero attached hydrogens (tertiary/aromatic N) is 3. The number of hydrogen-bond acceptors (Lipinski definition) is 6. The summed E-state index contributed by atoms with van der Waals surface area (Å²) in [6.07, 6.45) is 5.37. The van der Waals surface area contributed by atoms with E-state index in [1.165, 1.54) is 12.8 Å². The number of carbonyl (C=O) groups excluding carboxylic acids is 1. The number of amides is 1. The second kappa shape index (κ2) is 7.88. The molecule has 23 heavy (non-hydrogen) atoms. The molecule has 7 nitrogen and oxygen atoms in total. The summed E-state index contributed by atoms with van der Waals surface area (Å²) in [4.78, 5) is 18.8. The zero-order valence-electron chi connectivity index (χ0n) is 13.7. The molecule has 7 heteroatoms. The van der Waals surface area contributed by atoms with Gasteiger partial charge in [0, 0.05) is 32.0 Å². The predicted octanol–water partition coefficient (Wildman–Crippen LogP) is 1.74. The van der Waals surface area contributed by atoms with Crippen molar-refractivity contribution < 1.29 is 18.8 Å². The molecule has 0 bridgehead atoms. The molecule has 1 atom stereocenters. The molecule has 0 radical (unpaired) electrons. The van der Waals surface area contributed by atoms with Crippen LogP contribution in [0.25, 0.3) is 0 Å². The minimum absolute atomic E-state index is 0.178. The Morgan fingerprint density at radius 2 is 2.13 bits per heavy atom. The van der Waals surface area contributed by atoms with Crippen molar-refractivity contribution in [3.63, 3.8) is 0 Å². The van der Waals surface area contributed by atoms with Gasteiger partial charge in [-0.3, -0.25) is 4.79 Å². The Hall–Kier alpha value is -1.47. The normalized spacial score (nSPS) is 22.1. The Labute approximate surface area is 136 Å². The van der Waals surface area contributed by atoms with Crippen LogP contribution in [0.4, 0.5) is 0 Å². The number of likely N-dealkylation sites (tertiary alicyclic amines) is 1. The Morgan fingerprint density at radius 3 is 2.91 bits per heavy atom. The first-order valence-corrected chi connectivity index (χ1v) is 8.46. The first-order chi connectivity index (χ1) is 11.3. The van der Waals surface area contributed by atoms with E-state index in [1.54, 1.807) is 7.11 Å². The van der Waals surface area contributed by atoms with E-state index in [-0.39, 0.29) is 11.8 Å². The second-order valence-corrected chi connectivity index (χ2v) is 6.34. The van der Waals surface area contributed by atoms with Crippen LogP contribution in [0.3, 0.4) is 0 Å². The van der Waals surface area contributed by atoms with Gasteiger partial charge in [-0.15, -0.1) is 0 Å². The lowest BCUT2D eigenvalue weighted by atomic mass is 10.1. The molecule has 2 aliphatic rings. The van der Waals surface area contributed by atoms with Crippen molar-refractivity contribution in [3.8, 4) is 0 Å². The molecule has 1 aromatic heterocycles. The Balaban J connectivity index is 1.48. The number of rotatable bonds is 7. The van der Waals surface area contributed by atoms with Crippen LogP contribution in [0, 0.1) is 5.92 Å². The average molecular weight is 323 g/mol. The molecule has 2 fully saturated rings. The first-order valence-electron chi connectivity index (χ1n) is 8.46. The summed E-state index contributed by atoms with van der Waals surface area (Å²) < 4.78 is 15.5. The molecular formula is C16H25N3O4. The number of methoxy groups -OCH3 is 1. The van der Waals surface area contributed by atoms with Gasteiger partial charge in [-0.05, 0) is 19.3 Å². The molecule has 0 spiro atoms. The van der Waals surface area contributed by atoms with Crippen molar-refractivity contribution in [2.24, 2.45) is 5.92 Å². The molecule has 1 aromatic rings. The lowest BCUT2D eigenvalue weighted by Crippen LogP contribution is -2.33. The summed E-state index contributed by atoms with van der Waals surface area (Å²) >= 11 is 0. The highest BCUT2D eigenvalue weighted by Crippen LogP contribution is 2.31. The van der Waals surface area contributed by atoms with E-state index in [1.807, 2.05) is 4.90 Å². The SMILES string of the molecule is COCCOCc1nc(C2CCN(C(=O)C3CCCC3)C2)no1. The van der Waals surface area contributed by atoms with Crippen LogP contribution >= 0.6 is 0 Å². The van der Waals surface area contributed by atoms with Crippen LogP contribution < -0.4 is 0 Å². The van der Waals surface area contributed by atoms with Crippen molar-refractivity contribution in [2.45, 2.75) is 44.6 Å². The molecule has 1 unspecified atom stereocenters. The summed E-state index contributed by atoms with van der Waals surface area (Å²) in [5.74, 6) is 1.91. The van der Waals surface area contributed by atoms with E-state index >= 15 is 0 Å². The number of aromatic nitrogens is 2. The molecule has 0 N–H and O–H groups in total. The standard InChI is InChI=1S/C16H25N3O4/c1-21-8-9-22-11-14-17-15(18-23-14)13-6-7-19(10-13)16(20)12-4-2-3-5-12/h12-13H,2-11H2,1H3. The summed E-state index contributed by atoms with van der Waals surface area (Å²) in [6, 6.07) is 0. The van der Waals surface area contributed by atoms with Crippen molar-refractivity contribution in [3.05, 3.63) is 11.7 Å². The van der Waals surface area contributed by atoms with Gasteiger partial charge in [0.15, 0.2) is 5.82 Å². The molecule has 1 aliphatic heterocycles. The summed E-state index contributed by atoms with van der Waals surface area (Å²) in [7, 11) is 1.63. The minimum Gasteiger partial charge on any atom is -0.382 e. The highest BCUT2D eigenvalue weighted by atomic mass is 16.5. The van der Waals surface area contributed by atoms with Gasteiger partial charge in [-0.25, -0.2) is 0 Å². The zero-order chi connectivity index (χ0) is 16.1. The van der Waals surface area contributed by atoms with Crippen LogP contribution in [0.2, 0.25) is 0 Å². The molecule has 2 heterocycles. The van der Waals surface area contributed by atoms with Gasteiger partial charge in [0.1, 0.15) is 6.61 Å². The van der Waals surface area contributed by atoms with Crippen LogP contribution in [-0.2, 0) is 20.9 Å². The Kier molecular flexibility index (Phi) is 5.61. The van der Waals surface area contributed by atoms with E-state index in [0.717, 1.165) is 25.8 Å². The third kappa shape index (κ3) is 4.09. The quantitative estimate of drug-likeness (QED) is 0.711. The maximum Gasteiger partial charge on any atom is 0.252 e. The summed E-state index contributed by atoms with van der Waals surface area (Å²) in [5.41, 5.74) is 0. The van der Waals surface area contributed by atoms with Crippen LogP contribution in [0.1, 0.15) is 49.7 Å². The zero-order valence-corrected chi connectivity index (χ0v) is 13.7. The van der Waals surface area contributed by atoms with Crippen molar-refractivity contribution in [1.82, 2.24) is 15.0 Å². The van der Waals surface area contributed by atoms with E-state index in [2.05, 4.69) is 10.1 Å². The third-order valence-electron chi connectivity index (χ3n) is 4.71. The summed E-state index contributed by atoms with van der Waals surface area (Å²) in [5, 5.41) is 4.05. The van der Waals surface area contributed by atoms with E-state index in [0.29, 0.717) is 44.0 Å². The molecule has 1 aliphatic carbocycles. The lowest BCUT2D eigenvalue weighted by molar-refractivity contribution is -0.134. The minimum atomic E-state index is 0.178. The largest absolute Gasteiger partial charge is 0.382 e. The summed E-state index contributed by atoms with van der Waals surface area (Å²) in [6.45, 7) is 2.85. The van der Waals surface area contributed by atoms with Gasteiger partial charge in [0.05, 0.1) is 13.2 Å². The predicted molar refractivity (Wildman–Crippen MR) is 81.7 cm³/mol. The number of carbonyl (C=O) groups is 1. The second-order valence-electron chi connectivity index (χ2n) is 6.34. The molecule has 1 saturated heterocycles. The first kappa shape index (κ1) is 16.4. The Morgan fingerprint density at radius 1 is 1.30 bits per heavy atom. The highest BCUT2D eigenvalue weighted by molar-refractivity contribution is 5.79. The number of ether oxygens (including phenoxy) is 2. The lowest BCUT2D eigenvalue weighted by Gasteiger charge is -2.19. The van der Waals surface area contributed by atoms with Gasteiger partial charge in [-0.2, -0.15) is 4.98 Å². The van der Waals surface area contributed by atoms with E-state index in [9.17, 15) is 4.79 Å². The van der Waals surface area contributed by atoms with E-state index in [4.69, 9.17) is 14.0 Å². The van der Waals surface area contributed by atoms with Gasteiger partial charge in [-0.1, -0.05) is 18.0 Å².